The molecule has 0 aliphatic heterocycles. The zero-order valence-corrected chi connectivity index (χ0v) is 10.6. The third-order valence-corrected chi connectivity index (χ3v) is 2.59. The van der Waals surface area contributed by atoms with Crippen LogP contribution in [0, 0.1) is 0 Å². The highest BCUT2D eigenvalue weighted by Gasteiger charge is 2.15. The van der Waals surface area contributed by atoms with Gasteiger partial charge < -0.3 is 4.90 Å². The van der Waals surface area contributed by atoms with E-state index in [4.69, 9.17) is 0 Å². The van der Waals surface area contributed by atoms with Gasteiger partial charge in [0.1, 0.15) is 0 Å². The van der Waals surface area contributed by atoms with Crippen molar-refractivity contribution in [1.29, 1.82) is 0 Å². The predicted octanol–water partition coefficient (Wildman–Crippen LogP) is 2.62. The number of aromatic nitrogens is 2. The van der Waals surface area contributed by atoms with Crippen molar-refractivity contribution in [3.05, 3.63) is 18.0 Å². The van der Waals surface area contributed by atoms with Gasteiger partial charge in [-0.15, -0.1) is 0 Å². The highest BCUT2D eigenvalue weighted by atomic mass is 15.2. The molecule has 0 N–H and O–H groups in total. The highest BCUT2D eigenvalue weighted by Crippen LogP contribution is 2.21. The molecule has 1 aromatic rings. The molecule has 0 fully saturated rings. The summed E-state index contributed by atoms with van der Waals surface area (Å²) >= 11 is 0. The van der Waals surface area contributed by atoms with Gasteiger partial charge in [0, 0.05) is 25.5 Å². The van der Waals surface area contributed by atoms with Crippen LogP contribution in [0.5, 0.6) is 0 Å². The number of anilines is 1. The molecule has 0 unspecified atom stereocenters. The third kappa shape index (κ3) is 2.91. The van der Waals surface area contributed by atoms with Gasteiger partial charge in [-0.1, -0.05) is 20.8 Å². The smallest absolute Gasteiger partial charge is 0.225 e. The summed E-state index contributed by atoms with van der Waals surface area (Å²) in [4.78, 5) is 10.8. The van der Waals surface area contributed by atoms with Crippen LogP contribution in [-0.2, 0) is 5.41 Å². The topological polar surface area (TPSA) is 29.0 Å². The van der Waals surface area contributed by atoms with Crippen LogP contribution in [0.3, 0.4) is 0 Å². The Kier molecular flexibility index (Phi) is 3.32. The molecule has 15 heavy (non-hydrogen) atoms. The molecule has 0 spiro atoms. The molecule has 0 aromatic carbocycles. The van der Waals surface area contributed by atoms with Gasteiger partial charge in [-0.2, -0.15) is 0 Å². The van der Waals surface area contributed by atoms with Gasteiger partial charge >= 0.3 is 0 Å². The molecule has 1 rings (SSSR count). The molecule has 0 amide bonds. The van der Waals surface area contributed by atoms with Crippen molar-refractivity contribution in [2.75, 3.05) is 11.9 Å². The van der Waals surface area contributed by atoms with Crippen molar-refractivity contribution in [2.45, 2.75) is 46.1 Å². The minimum Gasteiger partial charge on any atom is -0.341 e. The minimum atomic E-state index is 0.120. The number of hydrogen-bond donors (Lipinski definition) is 0. The Morgan fingerprint density at radius 1 is 1.13 bits per heavy atom. The van der Waals surface area contributed by atoms with E-state index >= 15 is 0 Å². The van der Waals surface area contributed by atoms with Crippen LogP contribution in [-0.4, -0.2) is 23.1 Å². The van der Waals surface area contributed by atoms with E-state index in [1.807, 2.05) is 19.4 Å². The standard InChI is InChI=1S/C12H21N3/c1-9(2)15(6)11-13-7-10(8-14-11)12(3,4)5/h7-9H,1-6H3. The molecule has 3 nitrogen and oxygen atoms in total. The van der Waals surface area contributed by atoms with Crippen molar-refractivity contribution < 1.29 is 0 Å². The fourth-order valence-corrected chi connectivity index (χ4v) is 1.12. The van der Waals surface area contributed by atoms with E-state index < -0.39 is 0 Å². The molecule has 0 saturated heterocycles. The van der Waals surface area contributed by atoms with Gasteiger partial charge in [-0.25, -0.2) is 9.97 Å². The second kappa shape index (κ2) is 4.17. The molecule has 0 radical (unpaired) electrons. The summed E-state index contributed by atoms with van der Waals surface area (Å²) in [5.74, 6) is 0.790. The highest BCUT2D eigenvalue weighted by molar-refractivity contribution is 5.30. The summed E-state index contributed by atoms with van der Waals surface area (Å²) in [6.45, 7) is 10.7. The molecule has 1 aromatic heterocycles. The Balaban J connectivity index is 2.91. The molecule has 0 bridgehead atoms. The van der Waals surface area contributed by atoms with Gasteiger partial charge in [0.15, 0.2) is 0 Å². The molecule has 0 atom stereocenters. The van der Waals surface area contributed by atoms with Gasteiger partial charge in [-0.05, 0) is 24.8 Å². The van der Waals surface area contributed by atoms with Crippen molar-refractivity contribution in [2.24, 2.45) is 0 Å². The van der Waals surface area contributed by atoms with Crippen LogP contribution >= 0.6 is 0 Å². The lowest BCUT2D eigenvalue weighted by atomic mass is 9.89. The maximum Gasteiger partial charge on any atom is 0.225 e. The lowest BCUT2D eigenvalue weighted by Gasteiger charge is -2.23. The van der Waals surface area contributed by atoms with Crippen LogP contribution < -0.4 is 4.90 Å². The fraction of sp³-hybridized carbons (Fsp3) is 0.667. The lowest BCUT2D eigenvalue weighted by Crippen LogP contribution is -2.27. The van der Waals surface area contributed by atoms with Crippen LogP contribution in [0.4, 0.5) is 5.95 Å². The van der Waals surface area contributed by atoms with E-state index in [9.17, 15) is 0 Å². The van der Waals surface area contributed by atoms with E-state index in [0.29, 0.717) is 6.04 Å². The summed E-state index contributed by atoms with van der Waals surface area (Å²) < 4.78 is 0. The lowest BCUT2D eigenvalue weighted by molar-refractivity contribution is 0.582. The van der Waals surface area contributed by atoms with E-state index in [1.54, 1.807) is 0 Å². The number of hydrogen-bond acceptors (Lipinski definition) is 3. The molecule has 0 saturated carbocycles. The van der Waals surface area contributed by atoms with E-state index in [0.717, 1.165) is 5.95 Å². The first-order valence-electron chi connectivity index (χ1n) is 5.37. The first kappa shape index (κ1) is 12.0. The number of rotatable bonds is 2. The summed E-state index contributed by atoms with van der Waals surface area (Å²) in [7, 11) is 2.01. The first-order valence-corrected chi connectivity index (χ1v) is 5.37. The van der Waals surface area contributed by atoms with Crippen LogP contribution in [0.15, 0.2) is 12.4 Å². The fourth-order valence-electron chi connectivity index (χ4n) is 1.12. The first-order chi connectivity index (χ1) is 6.82. The Bertz CT molecular complexity index is 309. The monoisotopic (exact) mass is 207 g/mol. The third-order valence-electron chi connectivity index (χ3n) is 2.59. The van der Waals surface area contributed by atoms with E-state index in [2.05, 4.69) is 49.5 Å². The summed E-state index contributed by atoms with van der Waals surface area (Å²) in [5, 5.41) is 0. The second-order valence-electron chi connectivity index (χ2n) is 5.23. The number of nitrogens with zero attached hydrogens (tertiary/aromatic N) is 3. The van der Waals surface area contributed by atoms with E-state index in [1.165, 1.54) is 5.56 Å². The molecule has 0 aliphatic carbocycles. The molecule has 0 aliphatic rings. The van der Waals surface area contributed by atoms with Crippen LogP contribution in [0.1, 0.15) is 40.2 Å². The zero-order valence-electron chi connectivity index (χ0n) is 10.6. The second-order valence-corrected chi connectivity index (χ2v) is 5.23. The Hall–Kier alpha value is -1.12. The van der Waals surface area contributed by atoms with Crippen molar-refractivity contribution >= 4 is 5.95 Å². The van der Waals surface area contributed by atoms with Crippen molar-refractivity contribution in [3.8, 4) is 0 Å². The molecular formula is C12H21N3. The molecule has 1 heterocycles. The summed E-state index contributed by atoms with van der Waals surface area (Å²) in [5.41, 5.74) is 1.29. The Morgan fingerprint density at radius 2 is 1.60 bits per heavy atom. The van der Waals surface area contributed by atoms with Gasteiger partial charge in [0.25, 0.3) is 0 Å². The maximum absolute atomic E-state index is 4.38. The average molecular weight is 207 g/mol. The summed E-state index contributed by atoms with van der Waals surface area (Å²) in [6.07, 6.45) is 3.84. The zero-order chi connectivity index (χ0) is 11.6. The largest absolute Gasteiger partial charge is 0.341 e. The normalized spacial score (nSPS) is 11.9. The van der Waals surface area contributed by atoms with Gasteiger partial charge in [-0.3, -0.25) is 0 Å². The van der Waals surface area contributed by atoms with Crippen LogP contribution in [0.25, 0.3) is 0 Å². The van der Waals surface area contributed by atoms with Gasteiger partial charge in [0.2, 0.25) is 5.95 Å². The Morgan fingerprint density at radius 3 is 1.93 bits per heavy atom. The SMILES string of the molecule is CC(C)N(C)c1ncc(C(C)(C)C)cn1. The predicted molar refractivity (Wildman–Crippen MR) is 64.3 cm³/mol. The van der Waals surface area contributed by atoms with Crippen molar-refractivity contribution in [3.63, 3.8) is 0 Å². The quantitative estimate of drug-likeness (QED) is 0.746. The average Bonchev–Trinajstić information content (AvgIpc) is 2.15. The van der Waals surface area contributed by atoms with Gasteiger partial charge in [0.05, 0.1) is 0 Å². The molecular weight excluding hydrogens is 186 g/mol. The van der Waals surface area contributed by atoms with E-state index in [-0.39, 0.29) is 5.41 Å². The Labute approximate surface area is 92.6 Å². The minimum absolute atomic E-state index is 0.120. The maximum atomic E-state index is 4.38. The van der Waals surface area contributed by atoms with Crippen molar-refractivity contribution in [1.82, 2.24) is 9.97 Å². The molecule has 3 heteroatoms. The summed E-state index contributed by atoms with van der Waals surface area (Å²) in [6, 6.07) is 0.422. The van der Waals surface area contributed by atoms with Crippen LogP contribution in [0.2, 0.25) is 0 Å². The molecule has 84 valence electrons.